The molecule has 1 aliphatic heterocycles. The normalized spacial score (nSPS) is 19.0. The van der Waals surface area contributed by atoms with Crippen LogP contribution in [-0.2, 0) is 6.54 Å². The number of aromatic nitrogens is 5. The Balaban J connectivity index is 1.70. The average molecular weight is 318 g/mol. The van der Waals surface area contributed by atoms with Crippen LogP contribution in [-0.4, -0.2) is 57.2 Å². The van der Waals surface area contributed by atoms with Gasteiger partial charge in [-0.2, -0.15) is 19.9 Å². The largest absolute Gasteiger partial charge is 0.368 e. The molecule has 0 radical (unpaired) electrons. The minimum atomic E-state index is 0.250. The van der Waals surface area contributed by atoms with E-state index in [1.165, 1.54) is 0 Å². The van der Waals surface area contributed by atoms with E-state index in [1.54, 1.807) is 0 Å². The number of piperidine rings is 1. The Morgan fingerprint density at radius 3 is 2.78 bits per heavy atom. The van der Waals surface area contributed by atoms with Crippen LogP contribution < -0.4 is 10.6 Å². The summed E-state index contributed by atoms with van der Waals surface area (Å²) in [5, 5.41) is 3.88. The summed E-state index contributed by atoms with van der Waals surface area (Å²) in [5.74, 6) is 3.17. The molecule has 0 amide bonds. The first kappa shape index (κ1) is 15.6. The summed E-state index contributed by atoms with van der Waals surface area (Å²) in [6, 6.07) is 0. The molecule has 124 valence electrons. The van der Waals surface area contributed by atoms with Crippen molar-refractivity contribution in [2.45, 2.75) is 32.2 Å². The first-order chi connectivity index (χ1) is 11.0. The van der Waals surface area contributed by atoms with Gasteiger partial charge in [-0.05, 0) is 26.3 Å². The molecule has 0 unspecified atom stereocenters. The Bertz CT molecular complexity index is 671. The van der Waals surface area contributed by atoms with Gasteiger partial charge in [0.15, 0.2) is 5.82 Å². The lowest BCUT2D eigenvalue weighted by atomic mass is 9.98. The number of rotatable bonds is 4. The third kappa shape index (κ3) is 3.73. The smallest absolute Gasteiger partial charge is 0.231 e. The molecule has 0 spiro atoms. The molecule has 1 fully saturated rings. The molecule has 2 N–H and O–H groups in total. The van der Waals surface area contributed by atoms with E-state index in [4.69, 9.17) is 10.3 Å². The molecule has 3 heterocycles. The third-order valence-corrected chi connectivity index (χ3v) is 3.85. The van der Waals surface area contributed by atoms with Crippen LogP contribution in [0.15, 0.2) is 4.52 Å². The van der Waals surface area contributed by atoms with Crippen molar-refractivity contribution >= 4 is 11.9 Å². The van der Waals surface area contributed by atoms with Gasteiger partial charge in [-0.15, -0.1) is 0 Å². The van der Waals surface area contributed by atoms with Gasteiger partial charge in [0.05, 0.1) is 12.5 Å². The van der Waals surface area contributed by atoms with Crippen molar-refractivity contribution in [3.05, 3.63) is 17.5 Å². The zero-order chi connectivity index (χ0) is 16.4. The molecular weight excluding hydrogens is 296 g/mol. The molecule has 0 aliphatic carbocycles. The fourth-order valence-corrected chi connectivity index (χ4v) is 2.78. The lowest BCUT2D eigenvalue weighted by Crippen LogP contribution is -2.34. The maximum absolute atomic E-state index is 5.78. The standard InChI is InChI=1S/C14H22N8O/c1-9-16-12(23-20-9)10-5-4-6-22(7-10)8-11-17-13(15)19-14(18-11)21(2)3/h10H,4-8H2,1-3H3,(H2,15,17,18,19)/t10-/m1/s1. The predicted molar refractivity (Wildman–Crippen MR) is 84.9 cm³/mol. The van der Waals surface area contributed by atoms with Crippen molar-refractivity contribution in [2.75, 3.05) is 37.8 Å². The van der Waals surface area contributed by atoms with Gasteiger partial charge in [0.2, 0.25) is 17.8 Å². The van der Waals surface area contributed by atoms with Gasteiger partial charge >= 0.3 is 0 Å². The molecule has 9 heteroatoms. The van der Waals surface area contributed by atoms with Crippen LogP contribution >= 0.6 is 0 Å². The van der Waals surface area contributed by atoms with Gasteiger partial charge in [-0.1, -0.05) is 5.16 Å². The molecule has 2 aromatic rings. The van der Waals surface area contributed by atoms with Crippen LogP contribution in [0.2, 0.25) is 0 Å². The topological polar surface area (TPSA) is 110 Å². The van der Waals surface area contributed by atoms with E-state index in [9.17, 15) is 0 Å². The minimum Gasteiger partial charge on any atom is -0.368 e. The fourth-order valence-electron chi connectivity index (χ4n) is 2.78. The number of likely N-dealkylation sites (tertiary alicyclic amines) is 1. The molecule has 0 aromatic carbocycles. The maximum atomic E-state index is 5.78. The SMILES string of the molecule is Cc1noc([C@@H]2CCCN(Cc3nc(N)nc(N(C)C)n3)C2)n1. The molecule has 23 heavy (non-hydrogen) atoms. The first-order valence-electron chi connectivity index (χ1n) is 7.71. The van der Waals surface area contributed by atoms with Crippen molar-refractivity contribution in [1.82, 2.24) is 30.0 Å². The quantitative estimate of drug-likeness (QED) is 0.865. The van der Waals surface area contributed by atoms with Crippen LogP contribution in [0.1, 0.15) is 36.3 Å². The molecule has 1 saturated heterocycles. The lowest BCUT2D eigenvalue weighted by Gasteiger charge is -2.30. The van der Waals surface area contributed by atoms with Gasteiger partial charge in [-0.25, -0.2) is 0 Å². The molecule has 9 nitrogen and oxygen atoms in total. The van der Waals surface area contributed by atoms with E-state index in [0.29, 0.717) is 24.1 Å². The average Bonchev–Trinajstić information content (AvgIpc) is 2.93. The van der Waals surface area contributed by atoms with Gasteiger partial charge in [-0.3, -0.25) is 4.90 Å². The molecule has 2 aromatic heterocycles. The van der Waals surface area contributed by atoms with Crippen molar-refractivity contribution in [3.8, 4) is 0 Å². The maximum Gasteiger partial charge on any atom is 0.231 e. The highest BCUT2D eigenvalue weighted by molar-refractivity contribution is 5.32. The summed E-state index contributed by atoms with van der Waals surface area (Å²) < 4.78 is 5.32. The molecule has 1 atom stereocenters. The summed E-state index contributed by atoms with van der Waals surface area (Å²) in [7, 11) is 3.76. The number of hydrogen-bond donors (Lipinski definition) is 1. The number of nitrogens with two attached hydrogens (primary N) is 1. The number of anilines is 2. The Kier molecular flexibility index (Phi) is 4.37. The van der Waals surface area contributed by atoms with Crippen LogP contribution in [0.5, 0.6) is 0 Å². The molecule has 0 saturated carbocycles. The molecular formula is C14H22N8O. The number of nitrogen functional groups attached to an aromatic ring is 1. The van der Waals surface area contributed by atoms with Crippen LogP contribution in [0.3, 0.4) is 0 Å². The van der Waals surface area contributed by atoms with E-state index in [2.05, 4.69) is 30.0 Å². The highest BCUT2D eigenvalue weighted by atomic mass is 16.5. The van der Waals surface area contributed by atoms with Crippen molar-refractivity contribution < 1.29 is 4.52 Å². The fraction of sp³-hybridized carbons (Fsp3) is 0.643. The molecule has 0 bridgehead atoms. The Morgan fingerprint density at radius 2 is 2.09 bits per heavy atom. The van der Waals surface area contributed by atoms with Crippen LogP contribution in [0, 0.1) is 6.92 Å². The van der Waals surface area contributed by atoms with Crippen molar-refractivity contribution in [3.63, 3.8) is 0 Å². The Hall–Kier alpha value is -2.29. The Morgan fingerprint density at radius 1 is 1.26 bits per heavy atom. The second kappa shape index (κ2) is 6.45. The summed E-state index contributed by atoms with van der Waals surface area (Å²) in [6.07, 6.45) is 2.13. The highest BCUT2D eigenvalue weighted by Gasteiger charge is 2.26. The summed E-state index contributed by atoms with van der Waals surface area (Å²) in [4.78, 5) is 21.3. The van der Waals surface area contributed by atoms with E-state index in [-0.39, 0.29) is 11.9 Å². The third-order valence-electron chi connectivity index (χ3n) is 3.85. The zero-order valence-corrected chi connectivity index (χ0v) is 13.7. The van der Waals surface area contributed by atoms with E-state index in [1.807, 2.05) is 25.9 Å². The summed E-state index contributed by atoms with van der Waals surface area (Å²) in [6.45, 7) is 4.32. The minimum absolute atomic E-state index is 0.250. The van der Waals surface area contributed by atoms with E-state index >= 15 is 0 Å². The van der Waals surface area contributed by atoms with Gasteiger partial charge in [0.1, 0.15) is 5.82 Å². The van der Waals surface area contributed by atoms with E-state index in [0.717, 1.165) is 31.8 Å². The van der Waals surface area contributed by atoms with Gasteiger partial charge < -0.3 is 15.2 Å². The first-order valence-corrected chi connectivity index (χ1v) is 7.71. The summed E-state index contributed by atoms with van der Waals surface area (Å²) in [5.41, 5.74) is 5.78. The second-order valence-electron chi connectivity index (χ2n) is 6.06. The van der Waals surface area contributed by atoms with Crippen molar-refractivity contribution in [1.29, 1.82) is 0 Å². The highest BCUT2D eigenvalue weighted by Crippen LogP contribution is 2.26. The Labute approximate surface area is 134 Å². The zero-order valence-electron chi connectivity index (χ0n) is 13.7. The number of hydrogen-bond acceptors (Lipinski definition) is 9. The summed E-state index contributed by atoms with van der Waals surface area (Å²) >= 11 is 0. The van der Waals surface area contributed by atoms with E-state index < -0.39 is 0 Å². The predicted octanol–water partition coefficient (Wildman–Crippen LogP) is 0.591. The van der Waals surface area contributed by atoms with Crippen LogP contribution in [0.4, 0.5) is 11.9 Å². The molecule has 3 rings (SSSR count). The molecule has 1 aliphatic rings. The monoisotopic (exact) mass is 318 g/mol. The van der Waals surface area contributed by atoms with Crippen LogP contribution in [0.25, 0.3) is 0 Å². The van der Waals surface area contributed by atoms with Gasteiger partial charge in [0, 0.05) is 20.6 Å². The number of aryl methyl sites for hydroxylation is 1. The second-order valence-corrected chi connectivity index (χ2v) is 6.06. The van der Waals surface area contributed by atoms with Crippen molar-refractivity contribution in [2.24, 2.45) is 0 Å². The lowest BCUT2D eigenvalue weighted by molar-refractivity contribution is 0.176. The van der Waals surface area contributed by atoms with Gasteiger partial charge in [0.25, 0.3) is 0 Å². The number of nitrogens with zero attached hydrogens (tertiary/aromatic N) is 7.